The first-order chi connectivity index (χ1) is 10.3. The van der Waals surface area contributed by atoms with Crippen LogP contribution in [0.25, 0.3) is 0 Å². The minimum Gasteiger partial charge on any atom is -0.370 e. The zero-order valence-corrected chi connectivity index (χ0v) is 13.0. The van der Waals surface area contributed by atoms with Crippen LogP contribution < -0.4 is 4.90 Å². The van der Waals surface area contributed by atoms with E-state index in [1.807, 2.05) is 18.2 Å². The third-order valence-electron chi connectivity index (χ3n) is 3.53. The summed E-state index contributed by atoms with van der Waals surface area (Å²) >= 11 is 3.57. The highest BCUT2D eigenvalue weighted by molar-refractivity contribution is 9.10. The SMILES string of the molecule is N#Cc1cccnc1N1CCO[C@H](c2ccccc2Br)C1. The van der Waals surface area contributed by atoms with Crippen LogP contribution in [0.2, 0.25) is 0 Å². The van der Waals surface area contributed by atoms with E-state index in [0.29, 0.717) is 18.7 Å². The number of nitriles is 1. The Morgan fingerprint density at radius 3 is 2.95 bits per heavy atom. The van der Waals surface area contributed by atoms with Crippen molar-refractivity contribution in [1.29, 1.82) is 5.26 Å². The maximum Gasteiger partial charge on any atom is 0.146 e. The highest BCUT2D eigenvalue weighted by atomic mass is 79.9. The van der Waals surface area contributed by atoms with Crippen molar-refractivity contribution in [2.75, 3.05) is 24.6 Å². The zero-order valence-electron chi connectivity index (χ0n) is 11.4. The van der Waals surface area contributed by atoms with Gasteiger partial charge in [0.1, 0.15) is 18.0 Å². The fourth-order valence-electron chi connectivity index (χ4n) is 2.50. The molecule has 1 aliphatic heterocycles. The predicted octanol–water partition coefficient (Wildman–Crippen LogP) is 3.29. The number of hydrogen-bond donors (Lipinski definition) is 0. The van der Waals surface area contributed by atoms with E-state index in [2.05, 4.69) is 37.9 Å². The van der Waals surface area contributed by atoms with E-state index in [-0.39, 0.29) is 6.10 Å². The summed E-state index contributed by atoms with van der Waals surface area (Å²) in [5.41, 5.74) is 1.72. The van der Waals surface area contributed by atoms with Gasteiger partial charge in [0, 0.05) is 23.8 Å². The van der Waals surface area contributed by atoms with Crippen LogP contribution in [0.1, 0.15) is 17.2 Å². The molecule has 0 N–H and O–H groups in total. The monoisotopic (exact) mass is 343 g/mol. The summed E-state index contributed by atoms with van der Waals surface area (Å²) in [5.74, 6) is 0.736. The molecule has 0 saturated carbocycles. The fraction of sp³-hybridized carbons (Fsp3) is 0.250. The molecular formula is C16H14BrN3O. The summed E-state index contributed by atoms with van der Waals surface area (Å²) < 4.78 is 6.93. The Morgan fingerprint density at radius 1 is 1.29 bits per heavy atom. The molecule has 3 rings (SSSR count). The minimum atomic E-state index is -0.0251. The lowest BCUT2D eigenvalue weighted by molar-refractivity contribution is 0.0390. The van der Waals surface area contributed by atoms with Crippen molar-refractivity contribution in [3.63, 3.8) is 0 Å². The number of hydrogen-bond acceptors (Lipinski definition) is 4. The first-order valence-corrected chi connectivity index (χ1v) is 7.55. The van der Waals surface area contributed by atoms with Gasteiger partial charge in [-0.1, -0.05) is 34.1 Å². The molecule has 5 heteroatoms. The van der Waals surface area contributed by atoms with Crippen LogP contribution in [0, 0.1) is 11.3 Å². The van der Waals surface area contributed by atoms with Crippen LogP contribution >= 0.6 is 15.9 Å². The van der Waals surface area contributed by atoms with Crippen LogP contribution in [0.5, 0.6) is 0 Å². The Balaban J connectivity index is 1.87. The zero-order chi connectivity index (χ0) is 14.7. The second-order valence-electron chi connectivity index (χ2n) is 4.81. The summed E-state index contributed by atoms with van der Waals surface area (Å²) in [5, 5.41) is 9.22. The number of aromatic nitrogens is 1. The smallest absolute Gasteiger partial charge is 0.146 e. The molecule has 0 bridgehead atoms. The van der Waals surface area contributed by atoms with Crippen molar-refractivity contribution >= 4 is 21.7 Å². The number of halogens is 1. The number of nitrogens with zero attached hydrogens (tertiary/aromatic N) is 3. The van der Waals surface area contributed by atoms with Crippen LogP contribution in [0.15, 0.2) is 47.1 Å². The molecule has 106 valence electrons. The first kappa shape index (κ1) is 14.1. The molecule has 1 fully saturated rings. The number of anilines is 1. The highest BCUT2D eigenvalue weighted by Gasteiger charge is 2.25. The van der Waals surface area contributed by atoms with E-state index in [4.69, 9.17) is 4.74 Å². The standard InChI is InChI=1S/C16H14BrN3O/c17-14-6-2-1-5-13(14)15-11-20(8-9-21-15)16-12(10-18)4-3-7-19-16/h1-7,15H,8-9,11H2/t15-/m0/s1. The average Bonchev–Trinajstić information content (AvgIpc) is 2.55. The molecule has 0 amide bonds. The van der Waals surface area contributed by atoms with E-state index in [9.17, 15) is 5.26 Å². The van der Waals surface area contributed by atoms with Gasteiger partial charge in [-0.25, -0.2) is 4.98 Å². The van der Waals surface area contributed by atoms with Gasteiger partial charge in [-0.15, -0.1) is 0 Å². The van der Waals surface area contributed by atoms with Gasteiger partial charge in [-0.05, 0) is 23.8 Å². The van der Waals surface area contributed by atoms with Crippen LogP contribution in [0.4, 0.5) is 5.82 Å². The second kappa shape index (κ2) is 6.25. The van der Waals surface area contributed by atoms with Crippen molar-refractivity contribution < 1.29 is 4.74 Å². The molecular weight excluding hydrogens is 330 g/mol. The number of benzene rings is 1. The Hall–Kier alpha value is -1.90. The third kappa shape index (κ3) is 2.92. The summed E-state index contributed by atoms with van der Waals surface area (Å²) in [6.07, 6.45) is 1.70. The molecule has 1 atom stereocenters. The van der Waals surface area contributed by atoms with E-state index >= 15 is 0 Å². The normalized spacial score (nSPS) is 18.3. The predicted molar refractivity (Wildman–Crippen MR) is 84.0 cm³/mol. The van der Waals surface area contributed by atoms with Crippen LogP contribution in [0.3, 0.4) is 0 Å². The van der Waals surface area contributed by atoms with Gasteiger partial charge in [0.25, 0.3) is 0 Å². The Kier molecular flexibility index (Phi) is 4.18. The van der Waals surface area contributed by atoms with Gasteiger partial charge >= 0.3 is 0 Å². The number of ether oxygens (including phenoxy) is 1. The maximum absolute atomic E-state index is 9.22. The molecule has 1 aromatic heterocycles. The van der Waals surface area contributed by atoms with E-state index in [1.54, 1.807) is 18.3 Å². The fourth-order valence-corrected chi connectivity index (χ4v) is 3.04. The maximum atomic E-state index is 9.22. The lowest BCUT2D eigenvalue weighted by Gasteiger charge is -2.34. The van der Waals surface area contributed by atoms with Gasteiger partial charge < -0.3 is 9.64 Å². The summed E-state index contributed by atoms with van der Waals surface area (Å²) in [4.78, 5) is 6.48. The molecule has 0 radical (unpaired) electrons. The summed E-state index contributed by atoms with van der Waals surface area (Å²) in [7, 11) is 0. The Morgan fingerprint density at radius 2 is 2.14 bits per heavy atom. The van der Waals surface area contributed by atoms with Gasteiger partial charge in [0.2, 0.25) is 0 Å². The van der Waals surface area contributed by atoms with E-state index < -0.39 is 0 Å². The van der Waals surface area contributed by atoms with Crippen molar-refractivity contribution in [2.24, 2.45) is 0 Å². The van der Waals surface area contributed by atoms with Gasteiger partial charge in [0.15, 0.2) is 0 Å². The summed E-state index contributed by atoms with van der Waals surface area (Å²) in [6, 6.07) is 13.8. The van der Waals surface area contributed by atoms with Crippen molar-refractivity contribution in [2.45, 2.75) is 6.10 Å². The third-order valence-corrected chi connectivity index (χ3v) is 4.25. The number of morpholine rings is 1. The van der Waals surface area contributed by atoms with Crippen molar-refractivity contribution in [3.8, 4) is 6.07 Å². The molecule has 2 aromatic rings. The lowest BCUT2D eigenvalue weighted by atomic mass is 10.1. The topological polar surface area (TPSA) is 49.2 Å². The molecule has 4 nitrogen and oxygen atoms in total. The highest BCUT2D eigenvalue weighted by Crippen LogP contribution is 2.30. The Bertz CT molecular complexity index is 683. The first-order valence-electron chi connectivity index (χ1n) is 6.75. The average molecular weight is 344 g/mol. The molecule has 0 spiro atoms. The van der Waals surface area contributed by atoms with E-state index in [0.717, 1.165) is 22.4 Å². The van der Waals surface area contributed by atoms with Crippen molar-refractivity contribution in [3.05, 3.63) is 58.2 Å². The molecule has 2 heterocycles. The number of rotatable bonds is 2. The minimum absolute atomic E-state index is 0.0251. The Labute approximate surface area is 132 Å². The quantitative estimate of drug-likeness (QED) is 0.839. The number of pyridine rings is 1. The lowest BCUT2D eigenvalue weighted by Crippen LogP contribution is -2.39. The van der Waals surface area contributed by atoms with Gasteiger partial charge in [-0.3, -0.25) is 0 Å². The summed E-state index contributed by atoms with van der Waals surface area (Å²) in [6.45, 7) is 2.05. The largest absolute Gasteiger partial charge is 0.370 e. The molecule has 0 aliphatic carbocycles. The van der Waals surface area contributed by atoms with Crippen molar-refractivity contribution in [1.82, 2.24) is 4.98 Å². The van der Waals surface area contributed by atoms with Gasteiger partial charge in [-0.2, -0.15) is 5.26 Å². The molecule has 0 unspecified atom stereocenters. The molecule has 1 saturated heterocycles. The molecule has 1 aliphatic rings. The second-order valence-corrected chi connectivity index (χ2v) is 5.67. The van der Waals surface area contributed by atoms with E-state index in [1.165, 1.54) is 0 Å². The molecule has 1 aromatic carbocycles. The van der Waals surface area contributed by atoms with Crippen LogP contribution in [-0.4, -0.2) is 24.7 Å². The van der Waals surface area contributed by atoms with Crippen LogP contribution in [-0.2, 0) is 4.74 Å². The van der Waals surface area contributed by atoms with Gasteiger partial charge in [0.05, 0.1) is 12.2 Å². The molecule has 21 heavy (non-hydrogen) atoms.